The quantitative estimate of drug-likeness (QED) is 0.224. The van der Waals surface area contributed by atoms with E-state index in [9.17, 15) is 20.2 Å². The van der Waals surface area contributed by atoms with Crippen molar-refractivity contribution < 1.29 is 9.85 Å². The zero-order valence-electron chi connectivity index (χ0n) is 16.3. The maximum absolute atomic E-state index is 10.7. The second-order valence-corrected chi connectivity index (χ2v) is 7.47. The Balaban J connectivity index is 1.41. The molecule has 0 fully saturated rings. The molecule has 0 unspecified atom stereocenters. The molecular weight excluding hydrogens is 432 g/mol. The topological polar surface area (TPSA) is 136 Å². The van der Waals surface area contributed by atoms with Gasteiger partial charge in [-0.2, -0.15) is 0 Å². The van der Waals surface area contributed by atoms with E-state index in [-0.39, 0.29) is 11.4 Å². The lowest BCUT2D eigenvalue weighted by Gasteiger charge is -2.00. The molecular formula is C21H14N6O4S. The SMILES string of the molecule is O=[N+]([O-])c1ccc(C=Nc2ccc(-c3nnc(Nc4ccc([N+](=O)[O-])cc4)s3)cc2)cc1. The van der Waals surface area contributed by atoms with Crippen LogP contribution in [0.2, 0.25) is 0 Å². The Bertz CT molecular complexity index is 1290. The third kappa shape index (κ3) is 4.96. The fraction of sp³-hybridized carbons (Fsp3) is 0. The van der Waals surface area contributed by atoms with Gasteiger partial charge in [0.15, 0.2) is 0 Å². The molecule has 0 aliphatic carbocycles. The Kier molecular flexibility index (Phi) is 5.90. The molecule has 0 aliphatic rings. The second-order valence-electron chi connectivity index (χ2n) is 6.50. The monoisotopic (exact) mass is 446 g/mol. The van der Waals surface area contributed by atoms with Gasteiger partial charge in [-0.15, -0.1) is 10.2 Å². The number of hydrogen-bond donors (Lipinski definition) is 1. The molecule has 1 aromatic heterocycles. The van der Waals surface area contributed by atoms with Crippen LogP contribution in [0.1, 0.15) is 5.56 Å². The van der Waals surface area contributed by atoms with Crippen molar-refractivity contribution in [1.82, 2.24) is 10.2 Å². The number of aliphatic imine (C=N–C) groups is 1. The maximum atomic E-state index is 10.7. The molecule has 0 bridgehead atoms. The van der Waals surface area contributed by atoms with Crippen molar-refractivity contribution in [3.8, 4) is 10.6 Å². The summed E-state index contributed by atoms with van der Waals surface area (Å²) in [6, 6.07) is 19.6. The summed E-state index contributed by atoms with van der Waals surface area (Å²) in [7, 11) is 0. The number of nitrogens with one attached hydrogen (secondary N) is 1. The van der Waals surface area contributed by atoms with E-state index in [4.69, 9.17) is 0 Å². The van der Waals surface area contributed by atoms with E-state index in [1.54, 1.807) is 30.5 Å². The normalized spacial score (nSPS) is 10.9. The zero-order chi connectivity index (χ0) is 22.5. The van der Waals surface area contributed by atoms with Crippen molar-refractivity contribution in [2.45, 2.75) is 0 Å². The fourth-order valence-electron chi connectivity index (χ4n) is 2.70. The summed E-state index contributed by atoms with van der Waals surface area (Å²) < 4.78 is 0. The summed E-state index contributed by atoms with van der Waals surface area (Å²) in [5.74, 6) is 0. The lowest BCUT2D eigenvalue weighted by atomic mass is 10.2. The molecule has 0 amide bonds. The third-order valence-electron chi connectivity index (χ3n) is 4.34. The first-order valence-corrected chi connectivity index (χ1v) is 10.0. The van der Waals surface area contributed by atoms with Crippen molar-refractivity contribution in [1.29, 1.82) is 0 Å². The van der Waals surface area contributed by atoms with Gasteiger partial charge in [0.1, 0.15) is 5.01 Å². The molecule has 0 saturated carbocycles. The van der Waals surface area contributed by atoms with Gasteiger partial charge in [-0.25, -0.2) is 0 Å². The molecule has 11 heteroatoms. The molecule has 4 rings (SSSR count). The summed E-state index contributed by atoms with van der Waals surface area (Å²) in [5.41, 5.74) is 3.07. The van der Waals surface area contributed by atoms with Crippen molar-refractivity contribution in [2.75, 3.05) is 5.32 Å². The molecule has 1 heterocycles. The van der Waals surface area contributed by atoms with Gasteiger partial charge in [0.2, 0.25) is 5.13 Å². The number of nitro benzene ring substituents is 2. The van der Waals surface area contributed by atoms with Gasteiger partial charge >= 0.3 is 0 Å². The minimum absolute atomic E-state index is 0.0184. The van der Waals surface area contributed by atoms with Gasteiger partial charge in [0, 0.05) is 41.7 Å². The summed E-state index contributed by atoms with van der Waals surface area (Å²) in [4.78, 5) is 24.9. The predicted molar refractivity (Wildman–Crippen MR) is 122 cm³/mol. The first-order valence-electron chi connectivity index (χ1n) is 9.22. The molecule has 1 N–H and O–H groups in total. The molecule has 0 radical (unpaired) electrons. The van der Waals surface area contributed by atoms with Crippen LogP contribution in [-0.4, -0.2) is 26.3 Å². The average Bonchev–Trinajstić information content (AvgIpc) is 3.27. The highest BCUT2D eigenvalue weighted by molar-refractivity contribution is 7.18. The van der Waals surface area contributed by atoms with E-state index in [0.29, 0.717) is 15.8 Å². The van der Waals surface area contributed by atoms with Crippen molar-refractivity contribution in [2.24, 2.45) is 4.99 Å². The lowest BCUT2D eigenvalue weighted by Crippen LogP contribution is -1.91. The predicted octanol–water partition coefficient (Wildman–Crippen LogP) is 5.52. The van der Waals surface area contributed by atoms with Gasteiger partial charge in [-0.3, -0.25) is 25.2 Å². The van der Waals surface area contributed by atoms with Crippen LogP contribution in [0.5, 0.6) is 0 Å². The molecule has 158 valence electrons. The summed E-state index contributed by atoms with van der Waals surface area (Å²) in [5, 5.41) is 34.1. The van der Waals surface area contributed by atoms with Crippen LogP contribution in [0.15, 0.2) is 77.8 Å². The first-order chi connectivity index (χ1) is 15.5. The average molecular weight is 446 g/mol. The number of aromatic nitrogens is 2. The Morgan fingerprint density at radius 1 is 0.812 bits per heavy atom. The maximum Gasteiger partial charge on any atom is 0.269 e. The minimum Gasteiger partial charge on any atom is -0.330 e. The highest BCUT2D eigenvalue weighted by Gasteiger charge is 2.09. The van der Waals surface area contributed by atoms with E-state index in [0.717, 1.165) is 16.8 Å². The number of hydrogen-bond acceptors (Lipinski definition) is 9. The van der Waals surface area contributed by atoms with Gasteiger partial charge in [-0.1, -0.05) is 11.3 Å². The Morgan fingerprint density at radius 3 is 2.00 bits per heavy atom. The van der Waals surface area contributed by atoms with Gasteiger partial charge in [0.25, 0.3) is 11.4 Å². The number of nitro groups is 2. The lowest BCUT2D eigenvalue weighted by molar-refractivity contribution is -0.385. The molecule has 4 aromatic rings. The third-order valence-corrected chi connectivity index (χ3v) is 5.22. The molecule has 10 nitrogen and oxygen atoms in total. The van der Waals surface area contributed by atoms with Gasteiger partial charge in [-0.05, 0) is 54.1 Å². The Hall–Kier alpha value is -4.51. The van der Waals surface area contributed by atoms with E-state index >= 15 is 0 Å². The smallest absolute Gasteiger partial charge is 0.269 e. The van der Waals surface area contributed by atoms with Gasteiger partial charge in [0.05, 0.1) is 15.5 Å². The number of benzene rings is 3. The Labute approximate surface area is 185 Å². The highest BCUT2D eigenvalue weighted by Crippen LogP contribution is 2.30. The second kappa shape index (κ2) is 9.10. The highest BCUT2D eigenvalue weighted by atomic mass is 32.1. The van der Waals surface area contributed by atoms with Crippen molar-refractivity contribution >= 4 is 45.4 Å². The van der Waals surface area contributed by atoms with Crippen molar-refractivity contribution in [3.63, 3.8) is 0 Å². The van der Waals surface area contributed by atoms with Crippen LogP contribution < -0.4 is 5.32 Å². The van der Waals surface area contributed by atoms with E-state index in [1.807, 2.05) is 24.3 Å². The van der Waals surface area contributed by atoms with Gasteiger partial charge < -0.3 is 5.32 Å². The summed E-state index contributed by atoms with van der Waals surface area (Å²) in [6.45, 7) is 0. The van der Waals surface area contributed by atoms with Crippen LogP contribution in [0, 0.1) is 20.2 Å². The van der Waals surface area contributed by atoms with E-state index in [1.165, 1.54) is 35.6 Å². The zero-order valence-corrected chi connectivity index (χ0v) is 17.1. The van der Waals surface area contributed by atoms with Crippen LogP contribution in [0.3, 0.4) is 0 Å². The van der Waals surface area contributed by atoms with Crippen LogP contribution in [0.4, 0.5) is 27.9 Å². The van der Waals surface area contributed by atoms with Crippen LogP contribution >= 0.6 is 11.3 Å². The Morgan fingerprint density at radius 2 is 1.41 bits per heavy atom. The first kappa shape index (κ1) is 20.8. The molecule has 0 aliphatic heterocycles. The fourth-order valence-corrected chi connectivity index (χ4v) is 3.47. The number of non-ortho nitro benzene ring substituents is 2. The number of nitrogens with zero attached hydrogens (tertiary/aromatic N) is 5. The van der Waals surface area contributed by atoms with E-state index in [2.05, 4.69) is 20.5 Å². The van der Waals surface area contributed by atoms with Crippen molar-refractivity contribution in [3.05, 3.63) is 98.6 Å². The largest absolute Gasteiger partial charge is 0.330 e. The molecule has 0 atom stereocenters. The number of rotatable bonds is 7. The summed E-state index contributed by atoms with van der Waals surface area (Å²) >= 11 is 1.35. The van der Waals surface area contributed by atoms with E-state index < -0.39 is 9.85 Å². The molecule has 3 aromatic carbocycles. The number of anilines is 2. The standard InChI is InChI=1S/C21H14N6O4S/c28-26(29)18-9-1-14(2-10-18)13-22-16-5-3-15(4-6-16)20-24-25-21(32-20)23-17-7-11-19(12-8-17)27(30)31/h1-13H,(H,23,25). The van der Waals surface area contributed by atoms with Crippen LogP contribution in [0.25, 0.3) is 10.6 Å². The summed E-state index contributed by atoms with van der Waals surface area (Å²) in [6.07, 6.45) is 1.63. The minimum atomic E-state index is -0.452. The molecule has 32 heavy (non-hydrogen) atoms. The molecule has 0 spiro atoms. The molecule has 0 saturated heterocycles. The van der Waals surface area contributed by atoms with Crippen LogP contribution in [-0.2, 0) is 0 Å².